The van der Waals surface area contributed by atoms with Crippen LogP contribution < -0.4 is 5.32 Å². The van der Waals surface area contributed by atoms with Crippen LogP contribution in [0.15, 0.2) is 12.4 Å². The molecular formula is C17H27N5O2. The van der Waals surface area contributed by atoms with Gasteiger partial charge in [0.25, 0.3) is 0 Å². The van der Waals surface area contributed by atoms with Crippen molar-refractivity contribution in [3.05, 3.63) is 18.2 Å². The average Bonchev–Trinajstić information content (AvgIpc) is 3.30. The van der Waals surface area contributed by atoms with Crippen molar-refractivity contribution in [2.45, 2.75) is 45.2 Å². The van der Waals surface area contributed by atoms with Crippen LogP contribution in [0.25, 0.3) is 0 Å². The number of likely N-dealkylation sites (tertiary alicyclic amines) is 1. The van der Waals surface area contributed by atoms with Gasteiger partial charge in [-0.3, -0.25) is 9.59 Å². The maximum atomic E-state index is 12.7. The number of nitrogens with zero attached hydrogens (tertiary/aromatic N) is 4. The molecule has 0 aliphatic carbocycles. The molecule has 0 radical (unpaired) electrons. The third-order valence-corrected chi connectivity index (χ3v) is 4.95. The Morgan fingerprint density at radius 3 is 2.83 bits per heavy atom. The molecule has 0 saturated carbocycles. The van der Waals surface area contributed by atoms with Crippen LogP contribution >= 0.6 is 0 Å². The lowest BCUT2D eigenvalue weighted by Crippen LogP contribution is -2.60. The first-order chi connectivity index (χ1) is 11.7. The number of hydrogen-bond donors (Lipinski definition) is 1. The van der Waals surface area contributed by atoms with Crippen LogP contribution in [-0.4, -0.2) is 69.9 Å². The SMILES string of the molecule is CCc1nccn1CCC(=O)N1CCNC[C@H]1C(=O)N1CCCC1. The Balaban J connectivity index is 1.61. The van der Waals surface area contributed by atoms with E-state index in [1.165, 1.54) is 0 Å². The molecule has 0 unspecified atom stereocenters. The monoisotopic (exact) mass is 333 g/mol. The molecule has 3 rings (SSSR count). The molecule has 24 heavy (non-hydrogen) atoms. The number of imidazole rings is 1. The van der Waals surface area contributed by atoms with E-state index in [9.17, 15) is 9.59 Å². The Hall–Kier alpha value is -1.89. The maximum absolute atomic E-state index is 12.7. The molecule has 7 heteroatoms. The molecule has 2 amide bonds. The minimum absolute atomic E-state index is 0.0600. The molecule has 1 aromatic rings. The second-order valence-electron chi connectivity index (χ2n) is 6.48. The highest BCUT2D eigenvalue weighted by Crippen LogP contribution is 2.15. The van der Waals surface area contributed by atoms with Gasteiger partial charge in [-0.25, -0.2) is 4.98 Å². The van der Waals surface area contributed by atoms with Gasteiger partial charge < -0.3 is 19.7 Å². The van der Waals surface area contributed by atoms with Crippen LogP contribution in [0.2, 0.25) is 0 Å². The molecule has 2 aliphatic heterocycles. The zero-order valence-corrected chi connectivity index (χ0v) is 14.4. The fourth-order valence-electron chi connectivity index (χ4n) is 3.59. The number of piperazine rings is 1. The highest BCUT2D eigenvalue weighted by Gasteiger charge is 2.35. The van der Waals surface area contributed by atoms with Gasteiger partial charge in [0, 0.05) is 64.5 Å². The summed E-state index contributed by atoms with van der Waals surface area (Å²) in [5.74, 6) is 1.16. The number of nitrogens with one attached hydrogen (secondary N) is 1. The van der Waals surface area contributed by atoms with E-state index in [1.807, 2.05) is 15.7 Å². The van der Waals surface area contributed by atoms with E-state index in [0.29, 0.717) is 26.1 Å². The predicted molar refractivity (Wildman–Crippen MR) is 90.4 cm³/mol. The fourth-order valence-corrected chi connectivity index (χ4v) is 3.59. The van der Waals surface area contributed by atoms with Gasteiger partial charge in [0.1, 0.15) is 11.9 Å². The average molecular weight is 333 g/mol. The van der Waals surface area contributed by atoms with Crippen LogP contribution in [0, 0.1) is 0 Å². The van der Waals surface area contributed by atoms with Crippen molar-refractivity contribution in [2.75, 3.05) is 32.7 Å². The largest absolute Gasteiger partial charge is 0.341 e. The summed E-state index contributed by atoms with van der Waals surface area (Å²) in [5, 5.41) is 3.26. The molecule has 3 heterocycles. The van der Waals surface area contributed by atoms with Gasteiger partial charge in [-0.15, -0.1) is 0 Å². The smallest absolute Gasteiger partial charge is 0.246 e. The summed E-state index contributed by atoms with van der Waals surface area (Å²) >= 11 is 0. The van der Waals surface area contributed by atoms with Crippen molar-refractivity contribution in [3.63, 3.8) is 0 Å². The van der Waals surface area contributed by atoms with Gasteiger partial charge in [-0.2, -0.15) is 0 Å². The molecular weight excluding hydrogens is 306 g/mol. The number of carbonyl (C=O) groups is 2. The van der Waals surface area contributed by atoms with Gasteiger partial charge in [-0.05, 0) is 12.8 Å². The number of amides is 2. The van der Waals surface area contributed by atoms with Gasteiger partial charge in [0.15, 0.2) is 0 Å². The van der Waals surface area contributed by atoms with Gasteiger partial charge in [0.2, 0.25) is 11.8 Å². The minimum Gasteiger partial charge on any atom is -0.341 e. The van der Waals surface area contributed by atoms with Crippen molar-refractivity contribution in [3.8, 4) is 0 Å². The zero-order valence-electron chi connectivity index (χ0n) is 14.4. The molecule has 7 nitrogen and oxygen atoms in total. The van der Waals surface area contributed by atoms with Crippen LogP contribution in [-0.2, 0) is 22.6 Å². The second kappa shape index (κ2) is 7.79. The normalized spacial score (nSPS) is 21.3. The number of rotatable bonds is 5. The second-order valence-corrected chi connectivity index (χ2v) is 6.48. The summed E-state index contributed by atoms with van der Waals surface area (Å²) in [6.45, 7) is 6.25. The van der Waals surface area contributed by atoms with Crippen molar-refractivity contribution in [2.24, 2.45) is 0 Å². The Kier molecular flexibility index (Phi) is 5.50. The van der Waals surface area contributed by atoms with Gasteiger partial charge in [-0.1, -0.05) is 6.92 Å². The number of carbonyl (C=O) groups excluding carboxylic acids is 2. The summed E-state index contributed by atoms with van der Waals surface area (Å²) in [6.07, 6.45) is 7.09. The van der Waals surface area contributed by atoms with Crippen LogP contribution in [0.4, 0.5) is 0 Å². The topological polar surface area (TPSA) is 70.5 Å². The first-order valence-corrected chi connectivity index (χ1v) is 8.99. The van der Waals surface area contributed by atoms with Crippen molar-refractivity contribution >= 4 is 11.8 Å². The van der Waals surface area contributed by atoms with Crippen molar-refractivity contribution in [1.82, 2.24) is 24.7 Å². The minimum atomic E-state index is -0.349. The Labute approximate surface area is 143 Å². The molecule has 1 atom stereocenters. The van der Waals surface area contributed by atoms with E-state index in [1.54, 1.807) is 11.1 Å². The molecule has 2 saturated heterocycles. The Morgan fingerprint density at radius 1 is 1.29 bits per heavy atom. The van der Waals surface area contributed by atoms with Crippen LogP contribution in [0.1, 0.15) is 32.0 Å². The first-order valence-electron chi connectivity index (χ1n) is 8.99. The van der Waals surface area contributed by atoms with Gasteiger partial charge in [0.05, 0.1) is 0 Å². The summed E-state index contributed by atoms with van der Waals surface area (Å²) in [5.41, 5.74) is 0. The number of aryl methyl sites for hydroxylation is 2. The first kappa shape index (κ1) is 17.0. The van der Waals surface area contributed by atoms with Crippen LogP contribution in [0.5, 0.6) is 0 Å². The van der Waals surface area contributed by atoms with Crippen LogP contribution in [0.3, 0.4) is 0 Å². The summed E-state index contributed by atoms with van der Waals surface area (Å²) in [7, 11) is 0. The fraction of sp³-hybridized carbons (Fsp3) is 0.706. The zero-order chi connectivity index (χ0) is 16.9. The third kappa shape index (κ3) is 3.61. The lowest BCUT2D eigenvalue weighted by atomic mass is 10.1. The Morgan fingerprint density at radius 2 is 2.08 bits per heavy atom. The molecule has 1 N–H and O–H groups in total. The van der Waals surface area contributed by atoms with E-state index in [4.69, 9.17) is 0 Å². The van der Waals surface area contributed by atoms with E-state index in [0.717, 1.165) is 44.7 Å². The molecule has 1 aromatic heterocycles. The molecule has 2 aliphatic rings. The predicted octanol–water partition coefficient (Wildman–Crippen LogP) is 0.258. The van der Waals surface area contributed by atoms with Crippen molar-refractivity contribution in [1.29, 1.82) is 0 Å². The maximum Gasteiger partial charge on any atom is 0.246 e. The lowest BCUT2D eigenvalue weighted by Gasteiger charge is -2.37. The number of aromatic nitrogens is 2. The lowest BCUT2D eigenvalue weighted by molar-refractivity contribution is -0.146. The highest BCUT2D eigenvalue weighted by molar-refractivity contribution is 5.88. The summed E-state index contributed by atoms with van der Waals surface area (Å²) in [4.78, 5) is 33.4. The molecule has 0 spiro atoms. The Bertz CT molecular complexity index is 579. The molecule has 0 bridgehead atoms. The van der Waals surface area contributed by atoms with E-state index in [-0.39, 0.29) is 17.9 Å². The standard InChI is InChI=1S/C17H27N5O2/c1-2-15-19-7-11-20(15)10-5-16(23)22-12-6-18-13-14(22)17(24)21-8-3-4-9-21/h7,11,14,18H,2-6,8-10,12-13H2,1H3/t14-/m0/s1. The van der Waals surface area contributed by atoms with E-state index in [2.05, 4.69) is 17.2 Å². The van der Waals surface area contributed by atoms with Crippen molar-refractivity contribution < 1.29 is 9.59 Å². The summed E-state index contributed by atoms with van der Waals surface area (Å²) in [6, 6.07) is -0.349. The van der Waals surface area contributed by atoms with Gasteiger partial charge >= 0.3 is 0 Å². The summed E-state index contributed by atoms with van der Waals surface area (Å²) < 4.78 is 2.03. The third-order valence-electron chi connectivity index (χ3n) is 4.95. The quantitative estimate of drug-likeness (QED) is 0.839. The molecule has 132 valence electrons. The molecule has 0 aromatic carbocycles. The molecule has 2 fully saturated rings. The van der Waals surface area contributed by atoms with E-state index >= 15 is 0 Å². The number of hydrogen-bond acceptors (Lipinski definition) is 4. The highest BCUT2D eigenvalue weighted by atomic mass is 16.2. The van der Waals surface area contributed by atoms with E-state index < -0.39 is 0 Å².